The second-order valence-corrected chi connectivity index (χ2v) is 4.26. The van der Waals surface area contributed by atoms with Crippen LogP contribution in [0.1, 0.15) is 21.6 Å². The predicted octanol–water partition coefficient (Wildman–Crippen LogP) is 1.60. The maximum absolute atomic E-state index is 11.9. The van der Waals surface area contributed by atoms with Crippen molar-refractivity contribution in [2.75, 3.05) is 5.32 Å². The van der Waals surface area contributed by atoms with Gasteiger partial charge in [-0.3, -0.25) is 9.89 Å². The van der Waals surface area contributed by atoms with Crippen LogP contribution < -0.4 is 11.1 Å². The monoisotopic (exact) mass is 260 g/mol. The molecule has 1 aromatic heterocycles. The minimum absolute atomic E-state index is 0.254. The Hall–Kier alpha value is -2.21. The fourth-order valence-corrected chi connectivity index (χ4v) is 1.61. The number of aromatic amines is 1. The van der Waals surface area contributed by atoms with E-state index in [4.69, 9.17) is 18.0 Å². The summed E-state index contributed by atoms with van der Waals surface area (Å²) >= 11 is 4.91. The normalized spacial score (nSPS) is 10.1. The summed E-state index contributed by atoms with van der Waals surface area (Å²) in [5.74, 6) is -0.254. The van der Waals surface area contributed by atoms with E-state index in [1.165, 1.54) is 6.20 Å². The minimum Gasteiger partial charge on any atom is -0.389 e. The molecule has 0 unspecified atom stereocenters. The van der Waals surface area contributed by atoms with Crippen LogP contribution in [-0.2, 0) is 0 Å². The highest BCUT2D eigenvalue weighted by Crippen LogP contribution is 2.17. The average molecular weight is 260 g/mol. The maximum Gasteiger partial charge on any atom is 0.273 e. The minimum atomic E-state index is -0.254. The largest absolute Gasteiger partial charge is 0.389 e. The lowest BCUT2D eigenvalue weighted by Gasteiger charge is -2.09. The Balaban J connectivity index is 2.26. The number of carbonyl (C=O) groups is 1. The third kappa shape index (κ3) is 2.54. The Morgan fingerprint density at radius 1 is 1.44 bits per heavy atom. The van der Waals surface area contributed by atoms with Crippen LogP contribution in [-0.4, -0.2) is 21.1 Å². The van der Waals surface area contributed by atoms with Gasteiger partial charge < -0.3 is 11.1 Å². The summed E-state index contributed by atoms with van der Waals surface area (Å²) in [5, 5.41) is 9.11. The van der Waals surface area contributed by atoms with E-state index in [2.05, 4.69) is 15.5 Å². The third-order valence-electron chi connectivity index (χ3n) is 2.52. The molecule has 6 heteroatoms. The molecule has 0 aliphatic carbocycles. The molecule has 1 amide bonds. The molecule has 0 saturated heterocycles. The number of nitrogens with two attached hydrogens (primary N) is 1. The molecule has 0 spiro atoms. The number of benzene rings is 1. The first-order valence-corrected chi connectivity index (χ1v) is 5.70. The third-order valence-corrected chi connectivity index (χ3v) is 2.75. The molecule has 0 radical (unpaired) electrons. The van der Waals surface area contributed by atoms with Crippen molar-refractivity contribution in [2.24, 2.45) is 5.73 Å². The standard InChI is InChI=1S/C12H12N4OS/c1-7-2-3-8(11(13)18)6-10(7)15-12(17)9-4-5-14-16-9/h2-6H,1H3,(H2,13,18)(H,14,16)(H,15,17). The second-order valence-electron chi connectivity index (χ2n) is 3.82. The molecule has 0 aliphatic rings. The summed E-state index contributed by atoms with van der Waals surface area (Å²) in [6.45, 7) is 1.89. The fourth-order valence-electron chi connectivity index (χ4n) is 1.48. The number of hydrogen-bond donors (Lipinski definition) is 3. The number of amides is 1. The molecule has 92 valence electrons. The number of nitrogens with zero attached hydrogens (tertiary/aromatic N) is 1. The zero-order valence-electron chi connectivity index (χ0n) is 9.73. The molecule has 1 heterocycles. The summed E-state index contributed by atoms with van der Waals surface area (Å²) in [5.41, 5.74) is 8.29. The summed E-state index contributed by atoms with van der Waals surface area (Å²) in [6, 6.07) is 7.04. The van der Waals surface area contributed by atoms with Gasteiger partial charge in [0, 0.05) is 17.4 Å². The summed E-state index contributed by atoms with van der Waals surface area (Å²) in [4.78, 5) is 12.2. The maximum atomic E-state index is 11.9. The van der Waals surface area contributed by atoms with Crippen LogP contribution in [0.3, 0.4) is 0 Å². The van der Waals surface area contributed by atoms with E-state index in [0.29, 0.717) is 16.4 Å². The van der Waals surface area contributed by atoms with Crippen LogP contribution in [0.5, 0.6) is 0 Å². The topological polar surface area (TPSA) is 83.8 Å². The lowest BCUT2D eigenvalue weighted by atomic mass is 10.1. The van der Waals surface area contributed by atoms with Gasteiger partial charge in [0.25, 0.3) is 5.91 Å². The molecule has 5 nitrogen and oxygen atoms in total. The first-order valence-electron chi connectivity index (χ1n) is 5.29. The Morgan fingerprint density at radius 3 is 2.83 bits per heavy atom. The molecule has 2 rings (SSSR count). The molecular weight excluding hydrogens is 248 g/mol. The fraction of sp³-hybridized carbons (Fsp3) is 0.0833. The Labute approximate surface area is 109 Å². The number of aromatic nitrogens is 2. The highest BCUT2D eigenvalue weighted by molar-refractivity contribution is 7.80. The van der Waals surface area contributed by atoms with Gasteiger partial charge in [0.05, 0.1) is 0 Å². The van der Waals surface area contributed by atoms with E-state index in [1.54, 1.807) is 12.1 Å². The Bertz CT molecular complexity index is 592. The smallest absolute Gasteiger partial charge is 0.273 e. The summed E-state index contributed by atoms with van der Waals surface area (Å²) in [6.07, 6.45) is 1.52. The van der Waals surface area contributed by atoms with Crippen LogP contribution in [0.4, 0.5) is 5.69 Å². The number of nitrogens with one attached hydrogen (secondary N) is 2. The molecule has 0 fully saturated rings. The summed E-state index contributed by atoms with van der Waals surface area (Å²) < 4.78 is 0. The SMILES string of the molecule is Cc1ccc(C(N)=S)cc1NC(=O)c1ccn[nH]1. The van der Waals surface area contributed by atoms with Gasteiger partial charge in [0.1, 0.15) is 10.7 Å². The zero-order chi connectivity index (χ0) is 13.1. The van der Waals surface area contributed by atoms with Crippen LogP contribution in [0, 0.1) is 6.92 Å². The highest BCUT2D eigenvalue weighted by atomic mass is 32.1. The molecule has 2 aromatic rings. The van der Waals surface area contributed by atoms with Gasteiger partial charge in [-0.15, -0.1) is 0 Å². The Morgan fingerprint density at radius 2 is 2.22 bits per heavy atom. The number of anilines is 1. The Kier molecular flexibility index (Phi) is 3.38. The number of rotatable bonds is 3. The van der Waals surface area contributed by atoms with Crippen LogP contribution in [0.15, 0.2) is 30.5 Å². The van der Waals surface area contributed by atoms with Crippen molar-refractivity contribution in [3.05, 3.63) is 47.3 Å². The van der Waals surface area contributed by atoms with Crippen molar-refractivity contribution in [1.29, 1.82) is 0 Å². The molecule has 0 aliphatic heterocycles. The first kappa shape index (κ1) is 12.3. The van der Waals surface area contributed by atoms with E-state index >= 15 is 0 Å². The van der Waals surface area contributed by atoms with Gasteiger partial charge in [0.15, 0.2) is 0 Å². The van der Waals surface area contributed by atoms with Crippen molar-refractivity contribution in [3.63, 3.8) is 0 Å². The van der Waals surface area contributed by atoms with E-state index in [-0.39, 0.29) is 5.91 Å². The van der Waals surface area contributed by atoms with Gasteiger partial charge in [-0.1, -0.05) is 24.4 Å². The predicted molar refractivity (Wildman–Crippen MR) is 73.6 cm³/mol. The van der Waals surface area contributed by atoms with Gasteiger partial charge in [-0.2, -0.15) is 5.10 Å². The van der Waals surface area contributed by atoms with Crippen molar-refractivity contribution < 1.29 is 4.79 Å². The number of hydrogen-bond acceptors (Lipinski definition) is 3. The van der Waals surface area contributed by atoms with Crippen molar-refractivity contribution >= 4 is 28.8 Å². The second kappa shape index (κ2) is 4.97. The number of carbonyl (C=O) groups excluding carboxylic acids is 1. The van der Waals surface area contributed by atoms with E-state index < -0.39 is 0 Å². The summed E-state index contributed by atoms with van der Waals surface area (Å²) in [7, 11) is 0. The van der Waals surface area contributed by atoms with E-state index in [1.807, 2.05) is 19.1 Å². The first-order chi connectivity index (χ1) is 8.58. The quantitative estimate of drug-likeness (QED) is 0.732. The molecule has 0 saturated carbocycles. The lowest BCUT2D eigenvalue weighted by Crippen LogP contribution is -2.15. The van der Waals surface area contributed by atoms with Crippen molar-refractivity contribution in [1.82, 2.24) is 10.2 Å². The number of aryl methyl sites for hydroxylation is 1. The average Bonchev–Trinajstić information content (AvgIpc) is 2.85. The lowest BCUT2D eigenvalue weighted by molar-refractivity contribution is 0.102. The highest BCUT2D eigenvalue weighted by Gasteiger charge is 2.09. The zero-order valence-corrected chi connectivity index (χ0v) is 10.5. The molecule has 1 aromatic carbocycles. The molecule has 0 bridgehead atoms. The van der Waals surface area contributed by atoms with Gasteiger partial charge in [-0.05, 0) is 24.6 Å². The van der Waals surface area contributed by atoms with Crippen molar-refractivity contribution in [2.45, 2.75) is 6.92 Å². The molecule has 4 N–H and O–H groups in total. The van der Waals surface area contributed by atoms with Crippen LogP contribution in [0.2, 0.25) is 0 Å². The van der Waals surface area contributed by atoms with E-state index in [9.17, 15) is 4.79 Å². The van der Waals surface area contributed by atoms with Gasteiger partial charge in [-0.25, -0.2) is 0 Å². The number of H-pyrrole nitrogens is 1. The molecular formula is C12H12N4OS. The number of thiocarbonyl (C=S) groups is 1. The van der Waals surface area contributed by atoms with Crippen molar-refractivity contribution in [3.8, 4) is 0 Å². The van der Waals surface area contributed by atoms with Crippen LogP contribution >= 0.6 is 12.2 Å². The van der Waals surface area contributed by atoms with Gasteiger partial charge >= 0.3 is 0 Å². The van der Waals surface area contributed by atoms with E-state index in [0.717, 1.165) is 11.1 Å². The molecule has 18 heavy (non-hydrogen) atoms. The molecule has 0 atom stereocenters. The van der Waals surface area contributed by atoms with Gasteiger partial charge in [0.2, 0.25) is 0 Å². The van der Waals surface area contributed by atoms with Crippen LogP contribution in [0.25, 0.3) is 0 Å².